The molecule has 0 radical (unpaired) electrons. The van der Waals surface area contributed by atoms with Crippen LogP contribution in [0.25, 0.3) is 11.3 Å². The van der Waals surface area contributed by atoms with Gasteiger partial charge in [0.15, 0.2) is 5.16 Å². The minimum Gasteiger partial charge on any atom is -0.496 e. The van der Waals surface area contributed by atoms with Crippen molar-refractivity contribution >= 4 is 18.0 Å². The highest BCUT2D eigenvalue weighted by Gasteiger charge is 2.21. The molecule has 0 unspecified atom stereocenters. The van der Waals surface area contributed by atoms with E-state index >= 15 is 0 Å². The largest absolute Gasteiger partial charge is 0.496 e. The van der Waals surface area contributed by atoms with Gasteiger partial charge in [-0.15, -0.1) is 0 Å². The van der Waals surface area contributed by atoms with Gasteiger partial charge >= 0.3 is 0 Å². The number of ether oxygens (including phenoxy) is 1. The maximum atomic E-state index is 12.8. The summed E-state index contributed by atoms with van der Waals surface area (Å²) < 4.78 is 7.16. The zero-order chi connectivity index (χ0) is 15.5. The molecule has 1 aromatic carbocycles. The summed E-state index contributed by atoms with van der Waals surface area (Å²) in [5.74, 6) is 1.69. The molecule has 1 aliphatic heterocycles. The number of aromatic nitrogens is 2. The van der Waals surface area contributed by atoms with Gasteiger partial charge in [0.1, 0.15) is 5.75 Å². The van der Waals surface area contributed by atoms with Gasteiger partial charge in [-0.25, -0.2) is 4.98 Å². The fourth-order valence-electron chi connectivity index (χ4n) is 2.53. The maximum Gasteiger partial charge on any atom is 0.263 e. The lowest BCUT2D eigenvalue weighted by molar-refractivity contribution is 0.416. The van der Waals surface area contributed by atoms with Crippen LogP contribution in [0.4, 0.5) is 0 Å². The van der Waals surface area contributed by atoms with Gasteiger partial charge in [-0.1, -0.05) is 23.9 Å². The molecule has 1 aliphatic rings. The van der Waals surface area contributed by atoms with Gasteiger partial charge in [-0.05, 0) is 18.6 Å². The summed E-state index contributed by atoms with van der Waals surface area (Å²) in [5.41, 5.74) is 1.92. The van der Waals surface area contributed by atoms with Crippen LogP contribution in [0, 0.1) is 0 Å². The number of nitrogens with zero attached hydrogens (tertiary/aromatic N) is 3. The molecule has 0 aliphatic carbocycles. The summed E-state index contributed by atoms with van der Waals surface area (Å²) in [7, 11) is 3.27. The molecule has 0 saturated carbocycles. The number of fused-ring (bicyclic) bond motifs is 1. The second-order valence-corrected chi connectivity index (χ2v) is 5.97. The first-order valence-corrected chi connectivity index (χ1v) is 8.08. The van der Waals surface area contributed by atoms with E-state index in [-0.39, 0.29) is 5.56 Å². The average molecular weight is 315 g/mol. The number of aliphatic imine (C=N–C) groups is 1. The number of rotatable bonds is 3. The van der Waals surface area contributed by atoms with E-state index < -0.39 is 0 Å². The molecular weight excluding hydrogens is 298 g/mol. The summed E-state index contributed by atoms with van der Waals surface area (Å²) in [6, 6.07) is 7.60. The molecule has 0 spiro atoms. The first-order chi connectivity index (χ1) is 10.8. The first-order valence-electron chi connectivity index (χ1n) is 7.09. The number of hydrogen-bond donors (Lipinski definition) is 0. The second kappa shape index (κ2) is 6.36. The first kappa shape index (κ1) is 14.8. The number of para-hydroxylation sites is 1. The van der Waals surface area contributed by atoms with Crippen molar-refractivity contribution < 1.29 is 4.74 Å². The number of hydrogen-bond acceptors (Lipinski definition) is 5. The third-order valence-corrected chi connectivity index (χ3v) is 4.61. The Morgan fingerprint density at radius 1 is 1.41 bits per heavy atom. The van der Waals surface area contributed by atoms with Crippen LogP contribution in [-0.2, 0) is 6.54 Å². The molecule has 22 heavy (non-hydrogen) atoms. The van der Waals surface area contributed by atoms with E-state index in [1.807, 2.05) is 24.3 Å². The Morgan fingerprint density at radius 2 is 2.23 bits per heavy atom. The molecule has 0 atom stereocenters. The SMILES string of the molecule is CN=Cc1c(-c2ccccc2OC)nc2n(c1=O)CCCS2. The molecule has 0 saturated heterocycles. The van der Waals surface area contributed by atoms with Crippen molar-refractivity contribution in [3.8, 4) is 17.0 Å². The molecule has 0 fully saturated rings. The third kappa shape index (κ3) is 2.54. The van der Waals surface area contributed by atoms with Gasteiger partial charge in [0.25, 0.3) is 5.56 Å². The van der Waals surface area contributed by atoms with Crippen molar-refractivity contribution in [3.05, 3.63) is 40.2 Å². The minimum absolute atomic E-state index is 0.0382. The standard InChI is InChI=1S/C16H17N3O2S/c1-17-10-12-14(11-6-3-4-7-13(11)21-2)18-16-19(15(12)20)8-5-9-22-16/h3-4,6-7,10H,5,8-9H2,1-2H3. The van der Waals surface area contributed by atoms with Crippen molar-refractivity contribution in [2.45, 2.75) is 18.1 Å². The molecular formula is C16H17N3O2S. The molecule has 6 heteroatoms. The smallest absolute Gasteiger partial charge is 0.263 e. The summed E-state index contributed by atoms with van der Waals surface area (Å²) in [5, 5.41) is 0.769. The van der Waals surface area contributed by atoms with Gasteiger partial charge in [0, 0.05) is 31.1 Å². The zero-order valence-electron chi connectivity index (χ0n) is 12.6. The van der Waals surface area contributed by atoms with Crippen molar-refractivity contribution in [3.63, 3.8) is 0 Å². The molecule has 2 heterocycles. The molecule has 3 rings (SSSR count). The molecule has 0 amide bonds. The number of methoxy groups -OCH3 is 1. The fraction of sp³-hybridized carbons (Fsp3) is 0.312. The summed E-state index contributed by atoms with van der Waals surface area (Å²) in [6.07, 6.45) is 2.57. The van der Waals surface area contributed by atoms with Crippen LogP contribution < -0.4 is 10.3 Å². The van der Waals surface area contributed by atoms with E-state index in [1.54, 1.807) is 36.7 Å². The molecule has 2 aromatic rings. The predicted octanol–water partition coefficient (Wildman–Crippen LogP) is 2.46. The zero-order valence-corrected chi connectivity index (χ0v) is 13.4. The molecule has 1 aromatic heterocycles. The van der Waals surface area contributed by atoms with Gasteiger partial charge in [-0.2, -0.15) is 0 Å². The Balaban J connectivity index is 2.30. The maximum absolute atomic E-state index is 12.8. The molecule has 5 nitrogen and oxygen atoms in total. The van der Waals surface area contributed by atoms with Crippen LogP contribution >= 0.6 is 11.8 Å². The van der Waals surface area contributed by atoms with Crippen molar-refractivity contribution in [1.29, 1.82) is 0 Å². The van der Waals surface area contributed by atoms with Crippen LogP contribution in [0.5, 0.6) is 5.75 Å². The Labute approximate surface area is 133 Å². The average Bonchev–Trinajstić information content (AvgIpc) is 2.57. The van der Waals surface area contributed by atoms with Crippen LogP contribution in [0.1, 0.15) is 12.0 Å². The molecule has 114 valence electrons. The highest BCUT2D eigenvalue weighted by molar-refractivity contribution is 7.99. The quantitative estimate of drug-likeness (QED) is 0.645. The third-order valence-electron chi connectivity index (χ3n) is 3.55. The summed E-state index contributed by atoms with van der Waals surface area (Å²) in [6.45, 7) is 0.713. The van der Waals surface area contributed by atoms with Gasteiger partial charge in [-0.3, -0.25) is 14.4 Å². The van der Waals surface area contributed by atoms with Crippen molar-refractivity contribution in [2.24, 2.45) is 4.99 Å². The normalized spacial score (nSPS) is 14.1. The highest BCUT2D eigenvalue weighted by Crippen LogP contribution is 2.31. The van der Waals surface area contributed by atoms with E-state index in [1.165, 1.54) is 0 Å². The van der Waals surface area contributed by atoms with E-state index in [2.05, 4.69) is 4.99 Å². The van der Waals surface area contributed by atoms with Crippen LogP contribution in [0.3, 0.4) is 0 Å². The molecule has 0 bridgehead atoms. The van der Waals surface area contributed by atoms with Crippen molar-refractivity contribution in [1.82, 2.24) is 9.55 Å². The Hall–Kier alpha value is -2.08. The Morgan fingerprint density at radius 3 is 3.00 bits per heavy atom. The molecule has 0 N–H and O–H groups in total. The lowest BCUT2D eigenvalue weighted by Gasteiger charge is -2.19. The Bertz CT molecular complexity index is 783. The second-order valence-electron chi connectivity index (χ2n) is 4.90. The van der Waals surface area contributed by atoms with E-state index in [0.717, 1.165) is 22.9 Å². The van der Waals surface area contributed by atoms with Gasteiger partial charge in [0.05, 0.1) is 18.4 Å². The van der Waals surface area contributed by atoms with Gasteiger partial charge < -0.3 is 4.74 Å². The van der Waals surface area contributed by atoms with Crippen LogP contribution in [0.15, 0.2) is 39.2 Å². The van der Waals surface area contributed by atoms with Crippen molar-refractivity contribution in [2.75, 3.05) is 19.9 Å². The monoisotopic (exact) mass is 315 g/mol. The number of thioether (sulfide) groups is 1. The van der Waals surface area contributed by atoms with E-state index in [4.69, 9.17) is 9.72 Å². The highest BCUT2D eigenvalue weighted by atomic mass is 32.2. The number of benzene rings is 1. The lowest BCUT2D eigenvalue weighted by Crippen LogP contribution is -2.29. The van der Waals surface area contributed by atoms with Crippen LogP contribution in [-0.4, -0.2) is 35.7 Å². The summed E-state index contributed by atoms with van der Waals surface area (Å²) >= 11 is 1.62. The lowest BCUT2D eigenvalue weighted by atomic mass is 10.1. The van der Waals surface area contributed by atoms with Gasteiger partial charge in [0.2, 0.25) is 0 Å². The Kier molecular flexibility index (Phi) is 4.29. The summed E-state index contributed by atoms with van der Waals surface area (Å²) in [4.78, 5) is 21.5. The predicted molar refractivity (Wildman–Crippen MR) is 89.3 cm³/mol. The fourth-order valence-corrected chi connectivity index (χ4v) is 3.48. The van der Waals surface area contributed by atoms with Crippen LogP contribution in [0.2, 0.25) is 0 Å². The van der Waals surface area contributed by atoms with E-state index in [9.17, 15) is 4.79 Å². The van der Waals surface area contributed by atoms with E-state index in [0.29, 0.717) is 23.6 Å². The topological polar surface area (TPSA) is 56.5 Å². The minimum atomic E-state index is -0.0382.